The van der Waals surface area contributed by atoms with Crippen molar-refractivity contribution < 1.29 is 14.6 Å². The average Bonchev–Trinajstić information content (AvgIpc) is 2.94. The first kappa shape index (κ1) is 15.1. The monoisotopic (exact) mass is 288 g/mol. The van der Waals surface area contributed by atoms with Crippen LogP contribution in [0.1, 0.15) is 26.8 Å². The summed E-state index contributed by atoms with van der Waals surface area (Å²) in [4.78, 5) is 11.0. The second-order valence-corrected chi connectivity index (χ2v) is 5.42. The first-order chi connectivity index (χ1) is 9.99. The van der Waals surface area contributed by atoms with E-state index in [1.807, 2.05) is 24.3 Å². The first-order valence-electron chi connectivity index (χ1n) is 6.98. The molecule has 0 spiro atoms. The Morgan fingerprint density at radius 1 is 1.33 bits per heavy atom. The van der Waals surface area contributed by atoms with Crippen molar-refractivity contribution in [2.24, 2.45) is 5.92 Å². The molecule has 1 aromatic carbocycles. The van der Waals surface area contributed by atoms with Gasteiger partial charge >= 0.3 is 5.97 Å². The number of para-hydroxylation sites is 1. The number of aromatic nitrogens is 2. The predicted octanol–water partition coefficient (Wildman–Crippen LogP) is 3.23. The number of nitrogens with zero attached hydrogens (tertiary/aromatic N) is 2. The maximum atomic E-state index is 11.0. The highest BCUT2D eigenvalue weighted by atomic mass is 16.5. The Balaban J connectivity index is 2.28. The van der Waals surface area contributed by atoms with Gasteiger partial charge in [0.1, 0.15) is 11.8 Å². The molecule has 1 N–H and O–H groups in total. The van der Waals surface area contributed by atoms with Gasteiger partial charge in [-0.2, -0.15) is 5.10 Å². The quantitative estimate of drug-likeness (QED) is 0.886. The van der Waals surface area contributed by atoms with E-state index < -0.39 is 12.0 Å². The standard InChI is InChI=1S/C16H20N2O3/c1-11(2)10-21-15-7-5-4-6-14(15)13-8-17-18(9-13)12(3)16(19)20/h4-9,11-12H,10H2,1-3H3,(H,19,20)/t12-/m0/s1. The van der Waals surface area contributed by atoms with Crippen molar-refractivity contribution in [2.75, 3.05) is 6.61 Å². The number of rotatable bonds is 6. The van der Waals surface area contributed by atoms with Crippen molar-refractivity contribution in [3.63, 3.8) is 0 Å². The molecule has 0 amide bonds. The second-order valence-electron chi connectivity index (χ2n) is 5.42. The van der Waals surface area contributed by atoms with Gasteiger partial charge < -0.3 is 9.84 Å². The van der Waals surface area contributed by atoms with Crippen LogP contribution in [0.4, 0.5) is 0 Å². The summed E-state index contributed by atoms with van der Waals surface area (Å²) in [7, 11) is 0. The molecule has 0 fully saturated rings. The number of hydrogen-bond acceptors (Lipinski definition) is 3. The third-order valence-corrected chi connectivity index (χ3v) is 3.13. The third-order valence-electron chi connectivity index (χ3n) is 3.13. The molecule has 1 heterocycles. The van der Waals surface area contributed by atoms with E-state index >= 15 is 0 Å². The SMILES string of the molecule is CC(C)COc1ccccc1-c1cnn([C@@H](C)C(=O)O)c1. The van der Waals surface area contributed by atoms with Crippen molar-refractivity contribution in [3.05, 3.63) is 36.7 Å². The fourth-order valence-electron chi connectivity index (χ4n) is 1.89. The van der Waals surface area contributed by atoms with Crippen LogP contribution in [0.25, 0.3) is 11.1 Å². The lowest BCUT2D eigenvalue weighted by atomic mass is 10.1. The van der Waals surface area contributed by atoms with Gasteiger partial charge in [0.25, 0.3) is 0 Å². The predicted molar refractivity (Wildman–Crippen MR) is 80.3 cm³/mol. The molecule has 112 valence electrons. The molecule has 0 radical (unpaired) electrons. The van der Waals surface area contributed by atoms with Crippen molar-refractivity contribution in [1.29, 1.82) is 0 Å². The van der Waals surface area contributed by atoms with Gasteiger partial charge in [-0.05, 0) is 18.9 Å². The van der Waals surface area contributed by atoms with E-state index in [-0.39, 0.29) is 0 Å². The summed E-state index contributed by atoms with van der Waals surface area (Å²) in [6, 6.07) is 7.01. The molecule has 0 saturated carbocycles. The highest BCUT2D eigenvalue weighted by Crippen LogP contribution is 2.30. The number of carboxylic acids is 1. The molecule has 0 aliphatic rings. The van der Waals surface area contributed by atoms with Gasteiger partial charge in [0.2, 0.25) is 0 Å². The van der Waals surface area contributed by atoms with Crippen LogP contribution >= 0.6 is 0 Å². The van der Waals surface area contributed by atoms with Crippen LogP contribution < -0.4 is 4.74 Å². The summed E-state index contributed by atoms with van der Waals surface area (Å²) in [5.74, 6) is 0.315. The molecule has 1 atom stereocenters. The third kappa shape index (κ3) is 3.62. The minimum atomic E-state index is -0.908. The van der Waals surface area contributed by atoms with Crippen LogP contribution in [0.15, 0.2) is 36.7 Å². The number of ether oxygens (including phenoxy) is 1. The van der Waals surface area contributed by atoms with E-state index in [0.29, 0.717) is 12.5 Å². The highest BCUT2D eigenvalue weighted by molar-refractivity contribution is 5.72. The van der Waals surface area contributed by atoms with Gasteiger partial charge in [-0.25, -0.2) is 4.79 Å². The van der Waals surface area contributed by atoms with Crippen LogP contribution in [-0.2, 0) is 4.79 Å². The molecule has 2 aromatic rings. The van der Waals surface area contributed by atoms with Gasteiger partial charge in [-0.3, -0.25) is 4.68 Å². The van der Waals surface area contributed by atoms with Crippen molar-refractivity contribution >= 4 is 5.97 Å². The van der Waals surface area contributed by atoms with Gasteiger partial charge in [0, 0.05) is 17.3 Å². The molecular weight excluding hydrogens is 268 g/mol. The Kier molecular flexibility index (Phi) is 4.62. The van der Waals surface area contributed by atoms with Crippen molar-refractivity contribution in [2.45, 2.75) is 26.8 Å². The Morgan fingerprint density at radius 2 is 2.05 bits per heavy atom. The van der Waals surface area contributed by atoms with Gasteiger partial charge in [-0.15, -0.1) is 0 Å². The van der Waals surface area contributed by atoms with Gasteiger partial charge in [0.15, 0.2) is 0 Å². The summed E-state index contributed by atoms with van der Waals surface area (Å²) >= 11 is 0. The summed E-state index contributed by atoms with van der Waals surface area (Å²) in [6.45, 7) is 6.42. The largest absolute Gasteiger partial charge is 0.493 e. The zero-order chi connectivity index (χ0) is 15.4. The van der Waals surface area contributed by atoms with Crippen LogP contribution in [0.3, 0.4) is 0 Å². The van der Waals surface area contributed by atoms with E-state index in [4.69, 9.17) is 9.84 Å². The highest BCUT2D eigenvalue weighted by Gasteiger charge is 2.16. The fourth-order valence-corrected chi connectivity index (χ4v) is 1.89. The van der Waals surface area contributed by atoms with Crippen molar-refractivity contribution in [3.8, 4) is 16.9 Å². The number of aliphatic carboxylic acids is 1. The van der Waals surface area contributed by atoms with E-state index in [2.05, 4.69) is 18.9 Å². The van der Waals surface area contributed by atoms with E-state index in [0.717, 1.165) is 16.9 Å². The van der Waals surface area contributed by atoms with Gasteiger partial charge in [0.05, 0.1) is 12.8 Å². The molecule has 0 aliphatic heterocycles. The molecule has 5 nitrogen and oxygen atoms in total. The molecule has 5 heteroatoms. The molecule has 0 aliphatic carbocycles. The minimum Gasteiger partial charge on any atom is -0.493 e. The average molecular weight is 288 g/mol. The van der Waals surface area contributed by atoms with Crippen LogP contribution in [-0.4, -0.2) is 27.5 Å². The second kappa shape index (κ2) is 6.43. The lowest BCUT2D eigenvalue weighted by molar-refractivity contribution is -0.140. The topological polar surface area (TPSA) is 64.4 Å². The van der Waals surface area contributed by atoms with Crippen molar-refractivity contribution in [1.82, 2.24) is 9.78 Å². The Bertz CT molecular complexity index is 619. The molecule has 0 unspecified atom stereocenters. The first-order valence-corrected chi connectivity index (χ1v) is 6.98. The molecule has 21 heavy (non-hydrogen) atoms. The zero-order valence-electron chi connectivity index (χ0n) is 12.5. The number of benzene rings is 1. The Labute approximate surface area is 124 Å². The summed E-state index contributed by atoms with van der Waals surface area (Å²) < 4.78 is 7.26. The molecular formula is C16H20N2O3. The van der Waals surface area contributed by atoms with E-state index in [1.165, 1.54) is 4.68 Å². The lowest BCUT2D eigenvalue weighted by Crippen LogP contribution is -2.15. The summed E-state index contributed by atoms with van der Waals surface area (Å²) in [6.07, 6.45) is 3.40. The normalized spacial score (nSPS) is 12.4. The molecule has 0 bridgehead atoms. The molecule has 2 rings (SSSR count). The fraction of sp³-hybridized carbons (Fsp3) is 0.375. The number of carbonyl (C=O) groups is 1. The maximum Gasteiger partial charge on any atom is 0.328 e. The van der Waals surface area contributed by atoms with Crippen LogP contribution in [0, 0.1) is 5.92 Å². The Hall–Kier alpha value is -2.30. The number of hydrogen-bond donors (Lipinski definition) is 1. The maximum absolute atomic E-state index is 11.0. The summed E-state index contributed by atoms with van der Waals surface area (Å²) in [5, 5.41) is 13.2. The minimum absolute atomic E-state index is 0.438. The van der Waals surface area contributed by atoms with E-state index in [1.54, 1.807) is 19.3 Å². The van der Waals surface area contributed by atoms with Crippen LogP contribution in [0.5, 0.6) is 5.75 Å². The Morgan fingerprint density at radius 3 is 2.71 bits per heavy atom. The van der Waals surface area contributed by atoms with Gasteiger partial charge in [-0.1, -0.05) is 32.0 Å². The molecule has 1 aromatic heterocycles. The summed E-state index contributed by atoms with van der Waals surface area (Å²) in [5.41, 5.74) is 1.77. The van der Waals surface area contributed by atoms with E-state index in [9.17, 15) is 4.79 Å². The zero-order valence-corrected chi connectivity index (χ0v) is 12.5. The molecule has 0 saturated heterocycles. The number of carboxylic acid groups (broad SMARTS) is 1. The smallest absolute Gasteiger partial charge is 0.328 e. The van der Waals surface area contributed by atoms with Crippen LogP contribution in [0.2, 0.25) is 0 Å². The lowest BCUT2D eigenvalue weighted by Gasteiger charge is -2.12.